The molecule has 1 fully saturated rings. The van der Waals surface area contributed by atoms with Crippen LogP contribution in [0.1, 0.15) is 5.69 Å². The molecule has 1 aliphatic rings. The van der Waals surface area contributed by atoms with E-state index in [1.54, 1.807) is 0 Å². The van der Waals surface area contributed by atoms with Crippen molar-refractivity contribution in [3.63, 3.8) is 0 Å². The Morgan fingerprint density at radius 3 is 3.05 bits per heavy atom. The van der Waals surface area contributed by atoms with E-state index in [1.165, 1.54) is 0 Å². The fourth-order valence-electron chi connectivity index (χ4n) is 2.30. The topological polar surface area (TPSA) is 42.4 Å². The summed E-state index contributed by atoms with van der Waals surface area (Å²) in [7, 11) is 0. The second-order valence-corrected chi connectivity index (χ2v) is 5.90. The highest BCUT2D eigenvalue weighted by molar-refractivity contribution is 7.99. The van der Waals surface area contributed by atoms with Crippen molar-refractivity contribution >= 4 is 22.7 Å². The van der Waals surface area contributed by atoms with Gasteiger partial charge in [0.15, 0.2) is 0 Å². The van der Waals surface area contributed by atoms with Gasteiger partial charge in [0.05, 0.1) is 24.3 Å². The zero-order chi connectivity index (χ0) is 13.1. The van der Waals surface area contributed by atoms with Crippen molar-refractivity contribution in [2.24, 2.45) is 0 Å². The number of para-hydroxylation sites is 1. The van der Waals surface area contributed by atoms with Gasteiger partial charge < -0.3 is 9.84 Å². The summed E-state index contributed by atoms with van der Waals surface area (Å²) >= 11 is 1.84. The van der Waals surface area contributed by atoms with Crippen LogP contribution in [0.15, 0.2) is 36.4 Å². The summed E-state index contributed by atoms with van der Waals surface area (Å²) < 4.78 is 5.60. The number of aromatic nitrogens is 1. The predicted octanol–water partition coefficient (Wildman–Crippen LogP) is 2.27. The zero-order valence-electron chi connectivity index (χ0n) is 10.7. The molecule has 1 aromatic carbocycles. The van der Waals surface area contributed by atoms with Crippen LogP contribution in [0.5, 0.6) is 0 Å². The van der Waals surface area contributed by atoms with E-state index < -0.39 is 6.10 Å². The van der Waals surface area contributed by atoms with Crippen LogP contribution in [0.3, 0.4) is 0 Å². The molecule has 1 aliphatic heterocycles. The first-order chi connectivity index (χ1) is 9.33. The van der Waals surface area contributed by atoms with Crippen LogP contribution in [0.25, 0.3) is 10.9 Å². The van der Waals surface area contributed by atoms with Gasteiger partial charge in [0.2, 0.25) is 0 Å². The van der Waals surface area contributed by atoms with Gasteiger partial charge in [-0.3, -0.25) is 4.98 Å². The van der Waals surface area contributed by atoms with E-state index in [4.69, 9.17) is 4.74 Å². The van der Waals surface area contributed by atoms with Gasteiger partial charge >= 0.3 is 0 Å². The second kappa shape index (κ2) is 5.90. The zero-order valence-corrected chi connectivity index (χ0v) is 11.5. The average Bonchev–Trinajstić information content (AvgIpc) is 2.48. The number of nitrogens with zero attached hydrogens (tertiary/aromatic N) is 1. The highest BCUT2D eigenvalue weighted by Gasteiger charge is 2.23. The number of pyridine rings is 1. The Morgan fingerprint density at radius 2 is 2.21 bits per heavy atom. The molecule has 0 radical (unpaired) electrons. The molecule has 2 heterocycles. The van der Waals surface area contributed by atoms with Gasteiger partial charge in [-0.05, 0) is 12.1 Å². The molecule has 3 rings (SSSR count). The van der Waals surface area contributed by atoms with Crippen molar-refractivity contribution in [2.45, 2.75) is 18.6 Å². The Balaban J connectivity index is 1.73. The standard InChI is InChI=1S/C15H17NO2S/c17-14(15-10-19-8-7-18-15)9-12-6-5-11-3-1-2-4-13(11)16-12/h1-6,14-15,17H,7-10H2. The summed E-state index contributed by atoms with van der Waals surface area (Å²) in [6, 6.07) is 12.1. The molecule has 100 valence electrons. The molecule has 0 aliphatic carbocycles. The maximum absolute atomic E-state index is 10.2. The third-order valence-corrected chi connectivity index (χ3v) is 4.36. The van der Waals surface area contributed by atoms with Gasteiger partial charge in [-0.25, -0.2) is 0 Å². The third-order valence-electron chi connectivity index (χ3n) is 3.35. The van der Waals surface area contributed by atoms with Crippen LogP contribution in [0.2, 0.25) is 0 Å². The largest absolute Gasteiger partial charge is 0.390 e. The number of aliphatic hydroxyl groups is 1. The van der Waals surface area contributed by atoms with E-state index in [1.807, 2.05) is 42.1 Å². The lowest BCUT2D eigenvalue weighted by molar-refractivity contribution is -0.0211. The summed E-state index contributed by atoms with van der Waals surface area (Å²) in [6.45, 7) is 0.734. The smallest absolute Gasteiger partial charge is 0.0928 e. The molecular formula is C15H17NO2S. The van der Waals surface area contributed by atoms with Crippen LogP contribution in [-0.2, 0) is 11.2 Å². The third kappa shape index (κ3) is 3.08. The molecule has 1 N–H and O–H groups in total. The van der Waals surface area contributed by atoms with Crippen molar-refractivity contribution in [3.8, 4) is 0 Å². The molecule has 4 heteroatoms. The summed E-state index contributed by atoms with van der Waals surface area (Å²) in [5.74, 6) is 1.90. The second-order valence-electron chi connectivity index (χ2n) is 4.75. The maximum atomic E-state index is 10.2. The van der Waals surface area contributed by atoms with E-state index >= 15 is 0 Å². The highest BCUT2D eigenvalue weighted by atomic mass is 32.2. The molecule has 1 saturated heterocycles. The van der Waals surface area contributed by atoms with Gasteiger partial charge in [0.25, 0.3) is 0 Å². The molecule has 3 nitrogen and oxygen atoms in total. The molecule has 19 heavy (non-hydrogen) atoms. The molecule has 2 atom stereocenters. The summed E-state index contributed by atoms with van der Waals surface area (Å²) in [5.41, 5.74) is 1.90. The lowest BCUT2D eigenvalue weighted by Crippen LogP contribution is -2.36. The quantitative estimate of drug-likeness (QED) is 0.933. The monoisotopic (exact) mass is 275 g/mol. The number of ether oxygens (including phenoxy) is 1. The van der Waals surface area contributed by atoms with Crippen LogP contribution >= 0.6 is 11.8 Å². The molecule has 0 spiro atoms. The Kier molecular flexibility index (Phi) is 4.01. The Labute approximate surface area is 117 Å². The molecular weight excluding hydrogens is 258 g/mol. The number of hydrogen-bond acceptors (Lipinski definition) is 4. The van der Waals surface area contributed by atoms with Crippen molar-refractivity contribution in [1.29, 1.82) is 0 Å². The predicted molar refractivity (Wildman–Crippen MR) is 78.5 cm³/mol. The number of fused-ring (bicyclic) bond motifs is 1. The average molecular weight is 275 g/mol. The van der Waals surface area contributed by atoms with E-state index in [-0.39, 0.29) is 6.10 Å². The number of benzene rings is 1. The minimum absolute atomic E-state index is 0.0629. The molecule has 2 unspecified atom stereocenters. The van der Waals surface area contributed by atoms with E-state index in [0.717, 1.165) is 34.7 Å². The van der Waals surface area contributed by atoms with E-state index in [9.17, 15) is 5.11 Å². The highest BCUT2D eigenvalue weighted by Crippen LogP contribution is 2.18. The summed E-state index contributed by atoms with van der Waals surface area (Å²) in [6.07, 6.45) is 0.0178. The minimum atomic E-state index is -0.471. The van der Waals surface area contributed by atoms with Crippen LogP contribution in [0.4, 0.5) is 0 Å². The van der Waals surface area contributed by atoms with Crippen LogP contribution < -0.4 is 0 Å². The number of hydrogen-bond donors (Lipinski definition) is 1. The Morgan fingerprint density at radius 1 is 1.32 bits per heavy atom. The maximum Gasteiger partial charge on any atom is 0.0928 e. The lowest BCUT2D eigenvalue weighted by atomic mass is 10.1. The summed E-state index contributed by atoms with van der Waals surface area (Å²) in [5, 5.41) is 11.4. The first kappa shape index (κ1) is 12.9. The van der Waals surface area contributed by atoms with Gasteiger partial charge in [0, 0.05) is 29.0 Å². The summed E-state index contributed by atoms with van der Waals surface area (Å²) in [4.78, 5) is 4.59. The van der Waals surface area contributed by atoms with Gasteiger partial charge in [0.1, 0.15) is 0 Å². The van der Waals surface area contributed by atoms with Crippen molar-refractivity contribution in [3.05, 3.63) is 42.1 Å². The van der Waals surface area contributed by atoms with Crippen molar-refractivity contribution < 1.29 is 9.84 Å². The number of rotatable bonds is 3. The molecule has 0 bridgehead atoms. The molecule has 0 saturated carbocycles. The normalized spacial score (nSPS) is 21.4. The lowest BCUT2D eigenvalue weighted by Gasteiger charge is -2.26. The molecule has 0 amide bonds. The van der Waals surface area contributed by atoms with Crippen molar-refractivity contribution in [2.75, 3.05) is 18.1 Å². The van der Waals surface area contributed by atoms with Crippen molar-refractivity contribution in [1.82, 2.24) is 4.98 Å². The first-order valence-electron chi connectivity index (χ1n) is 6.55. The van der Waals surface area contributed by atoms with E-state index in [2.05, 4.69) is 11.1 Å². The van der Waals surface area contributed by atoms with Crippen LogP contribution in [-0.4, -0.2) is 40.4 Å². The minimum Gasteiger partial charge on any atom is -0.390 e. The van der Waals surface area contributed by atoms with E-state index in [0.29, 0.717) is 6.42 Å². The Bertz CT molecular complexity index is 555. The first-order valence-corrected chi connectivity index (χ1v) is 7.70. The molecule has 2 aromatic rings. The number of aliphatic hydroxyl groups excluding tert-OH is 1. The SMILES string of the molecule is OC(Cc1ccc2ccccc2n1)C1CSCCO1. The van der Waals surface area contributed by atoms with Gasteiger partial charge in [-0.2, -0.15) is 11.8 Å². The van der Waals surface area contributed by atoms with Gasteiger partial charge in [-0.15, -0.1) is 0 Å². The fraction of sp³-hybridized carbons (Fsp3) is 0.400. The van der Waals surface area contributed by atoms with Gasteiger partial charge in [-0.1, -0.05) is 24.3 Å². The number of thioether (sulfide) groups is 1. The fourth-order valence-corrected chi connectivity index (χ4v) is 3.23. The Hall–Kier alpha value is -1.10. The molecule has 1 aromatic heterocycles. The van der Waals surface area contributed by atoms with Crippen LogP contribution in [0, 0.1) is 0 Å².